The van der Waals surface area contributed by atoms with E-state index < -0.39 is 0 Å². The summed E-state index contributed by atoms with van der Waals surface area (Å²) >= 11 is 3.26. The molecule has 0 spiro atoms. The average molecular weight is 423 g/mol. The molecule has 2 heterocycles. The lowest BCUT2D eigenvalue weighted by Crippen LogP contribution is -2.30. The largest absolute Gasteiger partial charge is 0.467 e. The minimum Gasteiger partial charge on any atom is -0.467 e. The molecule has 0 radical (unpaired) electrons. The molecule has 0 saturated heterocycles. The Morgan fingerprint density at radius 1 is 1.07 bits per heavy atom. The number of aryl methyl sites for hydroxylation is 2. The molecule has 0 aliphatic rings. The number of thioether (sulfide) groups is 1. The molecule has 0 aliphatic heterocycles. The molecular formula is C23H22N2O2S2. The summed E-state index contributed by atoms with van der Waals surface area (Å²) in [6.07, 6.45) is 2.07. The number of hydrogen-bond donors (Lipinski definition) is 0. The van der Waals surface area contributed by atoms with Gasteiger partial charge in [-0.3, -0.25) is 9.69 Å². The molecule has 0 bridgehead atoms. The van der Waals surface area contributed by atoms with Crippen LogP contribution in [0.15, 0.2) is 70.2 Å². The fourth-order valence-corrected chi connectivity index (χ4v) is 5.08. The number of anilines is 1. The summed E-state index contributed by atoms with van der Waals surface area (Å²) in [6, 6.07) is 18.1. The number of aromatic nitrogens is 1. The second-order valence-electron chi connectivity index (χ2n) is 6.84. The Kier molecular flexibility index (Phi) is 6.02. The van der Waals surface area contributed by atoms with E-state index in [1.165, 1.54) is 10.5 Å². The zero-order chi connectivity index (χ0) is 20.2. The van der Waals surface area contributed by atoms with Crippen molar-refractivity contribution in [2.75, 3.05) is 10.7 Å². The van der Waals surface area contributed by atoms with Gasteiger partial charge in [-0.15, -0.1) is 11.8 Å². The van der Waals surface area contributed by atoms with Crippen LogP contribution in [0.1, 0.15) is 23.3 Å². The first-order valence-electron chi connectivity index (χ1n) is 9.49. The lowest BCUT2D eigenvalue weighted by atomic mass is 10.1. The third kappa shape index (κ3) is 4.54. The van der Waals surface area contributed by atoms with Crippen LogP contribution in [0.3, 0.4) is 0 Å². The molecule has 29 heavy (non-hydrogen) atoms. The maximum Gasteiger partial charge on any atom is 0.230 e. The van der Waals surface area contributed by atoms with Gasteiger partial charge in [0.15, 0.2) is 5.13 Å². The highest BCUT2D eigenvalue weighted by Crippen LogP contribution is 2.34. The maximum atomic E-state index is 13.1. The van der Waals surface area contributed by atoms with Crippen LogP contribution in [0.2, 0.25) is 0 Å². The second kappa shape index (κ2) is 8.84. The number of hydrogen-bond acceptors (Lipinski definition) is 5. The van der Waals surface area contributed by atoms with Crippen molar-refractivity contribution in [2.24, 2.45) is 0 Å². The van der Waals surface area contributed by atoms with Crippen LogP contribution in [-0.4, -0.2) is 16.6 Å². The van der Waals surface area contributed by atoms with Gasteiger partial charge in [-0.1, -0.05) is 41.7 Å². The number of fused-ring (bicyclic) bond motifs is 1. The van der Waals surface area contributed by atoms with Crippen LogP contribution in [0.25, 0.3) is 10.2 Å². The Hall–Kier alpha value is -2.57. The Balaban J connectivity index is 1.57. The predicted octanol–water partition coefficient (Wildman–Crippen LogP) is 6.22. The van der Waals surface area contributed by atoms with E-state index in [1.54, 1.807) is 34.3 Å². The molecule has 148 valence electrons. The van der Waals surface area contributed by atoms with Crippen molar-refractivity contribution in [3.63, 3.8) is 0 Å². The van der Waals surface area contributed by atoms with Crippen molar-refractivity contribution in [1.29, 1.82) is 0 Å². The van der Waals surface area contributed by atoms with Crippen LogP contribution in [-0.2, 0) is 11.3 Å². The van der Waals surface area contributed by atoms with Crippen LogP contribution < -0.4 is 4.90 Å². The summed E-state index contributed by atoms with van der Waals surface area (Å²) in [5, 5.41) is 0.725. The number of carbonyl (C=O) groups is 1. The van der Waals surface area contributed by atoms with Crippen LogP contribution in [0, 0.1) is 13.8 Å². The zero-order valence-corrected chi connectivity index (χ0v) is 18.1. The molecule has 0 aliphatic carbocycles. The van der Waals surface area contributed by atoms with Crippen molar-refractivity contribution < 1.29 is 9.21 Å². The fourth-order valence-electron chi connectivity index (χ4n) is 3.09. The Labute approximate surface area is 178 Å². The summed E-state index contributed by atoms with van der Waals surface area (Å²) < 4.78 is 6.64. The molecule has 2 aromatic carbocycles. The monoisotopic (exact) mass is 422 g/mol. The normalized spacial score (nSPS) is 11.1. The van der Waals surface area contributed by atoms with Gasteiger partial charge in [0.25, 0.3) is 0 Å². The van der Waals surface area contributed by atoms with Gasteiger partial charge in [0.05, 0.1) is 23.0 Å². The molecule has 2 aromatic heterocycles. The highest BCUT2D eigenvalue weighted by Gasteiger charge is 2.22. The molecule has 0 fully saturated rings. The summed E-state index contributed by atoms with van der Waals surface area (Å²) in [5.41, 5.74) is 3.28. The van der Waals surface area contributed by atoms with E-state index in [0.29, 0.717) is 13.0 Å². The summed E-state index contributed by atoms with van der Waals surface area (Å²) in [7, 11) is 0. The van der Waals surface area contributed by atoms with Crippen molar-refractivity contribution >= 4 is 44.4 Å². The minimum atomic E-state index is 0.0548. The standard InChI is InChI=1S/C23H22N2O2S2/c1-16-10-11-17(2)22-21(16)24-23(29-22)25(15-18-7-6-13-27-18)20(26)12-14-28-19-8-4-3-5-9-19/h3-11,13H,12,14-15H2,1-2H3. The van der Waals surface area contributed by atoms with Gasteiger partial charge in [0.2, 0.25) is 5.91 Å². The van der Waals surface area contributed by atoms with Gasteiger partial charge in [-0.2, -0.15) is 0 Å². The topological polar surface area (TPSA) is 46.3 Å². The molecule has 1 amide bonds. The number of furan rings is 1. The Morgan fingerprint density at radius 2 is 1.86 bits per heavy atom. The third-order valence-electron chi connectivity index (χ3n) is 4.68. The molecular weight excluding hydrogens is 400 g/mol. The highest BCUT2D eigenvalue weighted by molar-refractivity contribution is 7.99. The average Bonchev–Trinajstić information content (AvgIpc) is 3.40. The number of thiazole rings is 1. The molecule has 4 aromatic rings. The number of nitrogens with zero attached hydrogens (tertiary/aromatic N) is 2. The quantitative estimate of drug-likeness (QED) is 0.332. The van der Waals surface area contributed by atoms with Crippen molar-refractivity contribution in [2.45, 2.75) is 31.7 Å². The zero-order valence-electron chi connectivity index (χ0n) is 16.4. The van der Waals surface area contributed by atoms with Gasteiger partial charge in [0.1, 0.15) is 5.76 Å². The van der Waals surface area contributed by atoms with E-state index in [0.717, 1.165) is 32.4 Å². The first-order valence-corrected chi connectivity index (χ1v) is 11.3. The van der Waals surface area contributed by atoms with Gasteiger partial charge in [-0.05, 0) is 49.2 Å². The molecule has 0 atom stereocenters. The van der Waals surface area contributed by atoms with Gasteiger partial charge < -0.3 is 4.42 Å². The van der Waals surface area contributed by atoms with E-state index in [1.807, 2.05) is 30.3 Å². The predicted molar refractivity (Wildman–Crippen MR) is 121 cm³/mol. The molecule has 6 heteroatoms. The van der Waals surface area contributed by atoms with Crippen molar-refractivity contribution in [1.82, 2.24) is 4.98 Å². The van der Waals surface area contributed by atoms with Crippen molar-refractivity contribution in [3.8, 4) is 0 Å². The summed E-state index contributed by atoms with van der Waals surface area (Å²) in [4.78, 5) is 20.9. The van der Waals surface area contributed by atoms with E-state index in [2.05, 4.69) is 38.1 Å². The number of amides is 1. The molecule has 4 nitrogen and oxygen atoms in total. The molecule has 0 saturated carbocycles. The van der Waals surface area contributed by atoms with E-state index in [4.69, 9.17) is 9.40 Å². The molecule has 0 N–H and O–H groups in total. The van der Waals surface area contributed by atoms with E-state index in [9.17, 15) is 4.79 Å². The summed E-state index contributed by atoms with van der Waals surface area (Å²) in [5.74, 6) is 1.53. The smallest absolute Gasteiger partial charge is 0.230 e. The van der Waals surface area contributed by atoms with Gasteiger partial charge >= 0.3 is 0 Å². The van der Waals surface area contributed by atoms with Gasteiger partial charge in [-0.25, -0.2) is 4.98 Å². The third-order valence-corrected chi connectivity index (χ3v) is 6.91. The van der Waals surface area contributed by atoms with E-state index >= 15 is 0 Å². The van der Waals surface area contributed by atoms with Crippen LogP contribution >= 0.6 is 23.1 Å². The number of benzene rings is 2. The minimum absolute atomic E-state index is 0.0548. The molecule has 4 rings (SSSR count). The van der Waals surface area contributed by atoms with Crippen molar-refractivity contribution in [3.05, 3.63) is 77.7 Å². The van der Waals surface area contributed by atoms with Crippen LogP contribution in [0.5, 0.6) is 0 Å². The molecule has 0 unspecified atom stereocenters. The lowest BCUT2D eigenvalue weighted by molar-refractivity contribution is -0.118. The highest BCUT2D eigenvalue weighted by atomic mass is 32.2. The summed E-state index contributed by atoms with van der Waals surface area (Å²) in [6.45, 7) is 4.53. The first kappa shape index (κ1) is 19.7. The SMILES string of the molecule is Cc1ccc(C)c2sc(N(Cc3ccco3)C(=O)CCSc3ccccc3)nc12. The Morgan fingerprint density at radius 3 is 2.59 bits per heavy atom. The van der Waals surface area contributed by atoms with Gasteiger partial charge in [0, 0.05) is 17.1 Å². The van der Waals surface area contributed by atoms with E-state index in [-0.39, 0.29) is 5.91 Å². The van der Waals surface area contributed by atoms with Crippen LogP contribution in [0.4, 0.5) is 5.13 Å². The lowest BCUT2D eigenvalue weighted by Gasteiger charge is -2.18. The second-order valence-corrected chi connectivity index (χ2v) is 8.99. The number of rotatable bonds is 7. The number of carbonyl (C=O) groups excluding carboxylic acids is 1. The maximum absolute atomic E-state index is 13.1. The fraction of sp³-hybridized carbons (Fsp3) is 0.217. The first-order chi connectivity index (χ1) is 14.1. The Bertz CT molecular complexity index is 1070.